The van der Waals surface area contributed by atoms with Crippen molar-refractivity contribution in [2.75, 3.05) is 61.5 Å². The van der Waals surface area contributed by atoms with Crippen LogP contribution in [0.5, 0.6) is 5.75 Å². The van der Waals surface area contributed by atoms with Gasteiger partial charge in [0.15, 0.2) is 0 Å². The molecule has 3 aromatic rings. The van der Waals surface area contributed by atoms with Crippen LogP contribution < -0.4 is 19.9 Å². The number of likely N-dealkylation sites (tertiary alicyclic amines) is 1. The van der Waals surface area contributed by atoms with Gasteiger partial charge in [0.1, 0.15) is 5.75 Å². The van der Waals surface area contributed by atoms with E-state index >= 15 is 0 Å². The van der Waals surface area contributed by atoms with Crippen LogP contribution in [0.1, 0.15) is 33.6 Å². The molecule has 0 saturated carbocycles. The fourth-order valence-corrected chi connectivity index (χ4v) is 5.64. The number of anilines is 3. The van der Waals surface area contributed by atoms with Crippen molar-refractivity contribution in [3.63, 3.8) is 0 Å². The molecule has 0 aliphatic carbocycles. The normalized spacial score (nSPS) is 15.5. The van der Waals surface area contributed by atoms with Crippen molar-refractivity contribution in [1.29, 1.82) is 0 Å². The molecule has 38 heavy (non-hydrogen) atoms. The number of methoxy groups -OCH3 is 1. The lowest BCUT2D eigenvalue weighted by atomic mass is 10.1. The maximum absolute atomic E-state index is 13.6. The Labute approximate surface area is 232 Å². The van der Waals surface area contributed by atoms with Crippen molar-refractivity contribution in [3.05, 3.63) is 81.8 Å². The second-order valence-corrected chi connectivity index (χ2v) is 10.4. The molecule has 2 heterocycles. The molecule has 5 rings (SSSR count). The molecule has 3 aromatic carbocycles. The Morgan fingerprint density at radius 3 is 2.08 bits per heavy atom. The second kappa shape index (κ2) is 11.5. The highest BCUT2D eigenvalue weighted by Gasteiger charge is 2.27. The van der Waals surface area contributed by atoms with E-state index < -0.39 is 0 Å². The lowest BCUT2D eigenvalue weighted by Crippen LogP contribution is -2.47. The number of hydrogen-bond acceptors (Lipinski definition) is 5. The van der Waals surface area contributed by atoms with Crippen LogP contribution in [-0.2, 0) is 0 Å². The number of nitrogens with zero attached hydrogens (tertiary/aromatic N) is 3. The van der Waals surface area contributed by atoms with E-state index in [1.165, 1.54) is 0 Å². The average Bonchev–Trinajstić information content (AvgIpc) is 3.47. The van der Waals surface area contributed by atoms with Gasteiger partial charge in [-0.05, 0) is 61.4 Å². The minimum Gasteiger partial charge on any atom is -0.495 e. The number of ether oxygens (including phenoxy) is 1. The highest BCUT2D eigenvalue weighted by molar-refractivity contribution is 6.35. The molecule has 0 bridgehead atoms. The maximum Gasteiger partial charge on any atom is 0.256 e. The number of hydrogen-bond donors (Lipinski definition) is 1. The van der Waals surface area contributed by atoms with E-state index in [0.29, 0.717) is 26.9 Å². The van der Waals surface area contributed by atoms with E-state index in [4.69, 9.17) is 27.9 Å². The van der Waals surface area contributed by atoms with Crippen LogP contribution in [-0.4, -0.2) is 63.1 Å². The zero-order valence-electron chi connectivity index (χ0n) is 21.3. The van der Waals surface area contributed by atoms with Crippen LogP contribution in [0.25, 0.3) is 0 Å². The van der Waals surface area contributed by atoms with Gasteiger partial charge < -0.3 is 24.8 Å². The lowest BCUT2D eigenvalue weighted by Gasteiger charge is -2.38. The van der Waals surface area contributed by atoms with Gasteiger partial charge in [-0.2, -0.15) is 0 Å². The van der Waals surface area contributed by atoms with Crippen molar-refractivity contribution in [2.24, 2.45) is 0 Å². The molecule has 2 aliphatic rings. The largest absolute Gasteiger partial charge is 0.495 e. The van der Waals surface area contributed by atoms with Gasteiger partial charge in [0.05, 0.1) is 18.4 Å². The van der Waals surface area contributed by atoms with Gasteiger partial charge in [0, 0.05) is 66.3 Å². The minimum atomic E-state index is -0.341. The average molecular weight is 553 g/mol. The second-order valence-electron chi connectivity index (χ2n) is 9.49. The Kier molecular flexibility index (Phi) is 7.95. The van der Waals surface area contributed by atoms with Gasteiger partial charge in [0.25, 0.3) is 11.8 Å². The number of carbonyl (C=O) groups is 2. The van der Waals surface area contributed by atoms with Gasteiger partial charge in [-0.15, -0.1) is 0 Å². The van der Waals surface area contributed by atoms with Crippen molar-refractivity contribution < 1.29 is 14.3 Å². The van der Waals surface area contributed by atoms with Crippen molar-refractivity contribution in [3.8, 4) is 5.75 Å². The summed E-state index contributed by atoms with van der Waals surface area (Å²) in [6, 6.07) is 18.3. The third-order valence-electron chi connectivity index (χ3n) is 7.05. The Hall–Kier alpha value is -3.42. The molecule has 2 aliphatic heterocycles. The highest BCUT2D eigenvalue weighted by Crippen LogP contribution is 2.32. The van der Waals surface area contributed by atoms with Gasteiger partial charge in [-0.25, -0.2) is 0 Å². The maximum atomic E-state index is 13.6. The fraction of sp³-hybridized carbons (Fsp3) is 0.310. The molecule has 2 fully saturated rings. The van der Waals surface area contributed by atoms with Crippen LogP contribution in [0.4, 0.5) is 17.1 Å². The first kappa shape index (κ1) is 26.2. The Morgan fingerprint density at radius 1 is 0.789 bits per heavy atom. The Balaban J connectivity index is 1.38. The summed E-state index contributed by atoms with van der Waals surface area (Å²) in [7, 11) is 1.69. The number of amides is 2. The lowest BCUT2D eigenvalue weighted by molar-refractivity contribution is 0.0793. The SMILES string of the molecule is COc1ccccc1N1CCN(c2ccc(NC(=O)c3cc(Cl)cc(Cl)c3)cc2C(=O)N2CCCC2)CC1. The van der Waals surface area contributed by atoms with E-state index in [9.17, 15) is 9.59 Å². The quantitative estimate of drug-likeness (QED) is 0.417. The van der Waals surface area contributed by atoms with Crippen molar-refractivity contribution in [2.45, 2.75) is 12.8 Å². The zero-order chi connectivity index (χ0) is 26.6. The zero-order valence-corrected chi connectivity index (χ0v) is 22.8. The molecular weight excluding hydrogens is 523 g/mol. The summed E-state index contributed by atoms with van der Waals surface area (Å²) < 4.78 is 5.55. The molecule has 0 aromatic heterocycles. The predicted molar refractivity (Wildman–Crippen MR) is 153 cm³/mol. The van der Waals surface area contributed by atoms with E-state index in [-0.39, 0.29) is 11.8 Å². The fourth-order valence-electron chi connectivity index (χ4n) is 5.12. The summed E-state index contributed by atoms with van der Waals surface area (Å²) in [5, 5.41) is 3.67. The molecule has 2 saturated heterocycles. The summed E-state index contributed by atoms with van der Waals surface area (Å²) >= 11 is 12.2. The minimum absolute atomic E-state index is 0.00782. The van der Waals surface area contributed by atoms with Crippen LogP contribution in [0, 0.1) is 0 Å². The molecule has 0 spiro atoms. The molecule has 7 nitrogen and oxygen atoms in total. The van der Waals surface area contributed by atoms with Crippen LogP contribution in [0.3, 0.4) is 0 Å². The summed E-state index contributed by atoms with van der Waals surface area (Å²) in [5.74, 6) is 0.505. The third-order valence-corrected chi connectivity index (χ3v) is 7.49. The van der Waals surface area contributed by atoms with E-state index in [0.717, 1.165) is 69.2 Å². The van der Waals surface area contributed by atoms with Crippen LogP contribution in [0.15, 0.2) is 60.7 Å². The first-order valence-electron chi connectivity index (χ1n) is 12.8. The summed E-state index contributed by atoms with van der Waals surface area (Å²) in [4.78, 5) is 33.0. The van der Waals surface area contributed by atoms with Crippen molar-refractivity contribution >= 4 is 52.1 Å². The number of halogens is 2. The topological polar surface area (TPSA) is 65.1 Å². The molecule has 0 atom stereocenters. The standard InChI is InChI=1S/C29H30Cl2N4O3/c1-38-27-7-3-2-6-26(27)34-14-12-33(13-15-34)25-9-8-23(19-24(25)29(37)35-10-4-5-11-35)32-28(36)20-16-21(30)18-22(31)17-20/h2-3,6-9,16-19H,4-5,10-15H2,1H3,(H,32,36). The number of carbonyl (C=O) groups excluding carboxylic acids is 2. The molecular formula is C29H30Cl2N4O3. The van der Waals surface area contributed by atoms with Crippen LogP contribution in [0.2, 0.25) is 10.0 Å². The van der Waals surface area contributed by atoms with E-state index in [2.05, 4.69) is 21.2 Å². The molecule has 9 heteroatoms. The number of benzene rings is 3. The first-order chi connectivity index (χ1) is 18.4. The van der Waals surface area contributed by atoms with Gasteiger partial charge in [-0.3, -0.25) is 9.59 Å². The highest BCUT2D eigenvalue weighted by atomic mass is 35.5. The van der Waals surface area contributed by atoms with Gasteiger partial charge >= 0.3 is 0 Å². The molecule has 198 valence electrons. The van der Waals surface area contributed by atoms with Crippen LogP contribution >= 0.6 is 23.2 Å². The van der Waals surface area contributed by atoms with Gasteiger partial charge in [0.2, 0.25) is 0 Å². The molecule has 1 N–H and O–H groups in total. The number of piperazine rings is 1. The number of para-hydroxylation sites is 2. The predicted octanol–water partition coefficient (Wildman–Crippen LogP) is 5.82. The monoisotopic (exact) mass is 552 g/mol. The third kappa shape index (κ3) is 5.69. The summed E-state index contributed by atoms with van der Waals surface area (Å²) in [6.07, 6.45) is 2.01. The molecule has 2 amide bonds. The Morgan fingerprint density at radius 2 is 1.42 bits per heavy atom. The number of rotatable bonds is 6. The number of nitrogens with one attached hydrogen (secondary N) is 1. The molecule has 0 unspecified atom stereocenters. The van der Waals surface area contributed by atoms with Gasteiger partial charge in [-0.1, -0.05) is 35.3 Å². The summed E-state index contributed by atoms with van der Waals surface area (Å²) in [5.41, 5.74) is 3.45. The smallest absolute Gasteiger partial charge is 0.256 e. The summed E-state index contributed by atoms with van der Waals surface area (Å²) in [6.45, 7) is 4.60. The van der Waals surface area contributed by atoms with E-state index in [1.807, 2.05) is 35.2 Å². The van der Waals surface area contributed by atoms with E-state index in [1.54, 1.807) is 31.4 Å². The Bertz CT molecular complexity index is 1310. The van der Waals surface area contributed by atoms with Crippen molar-refractivity contribution in [1.82, 2.24) is 4.90 Å². The molecule has 0 radical (unpaired) electrons. The first-order valence-corrected chi connectivity index (χ1v) is 13.5.